The number of rotatable bonds is 8. The summed E-state index contributed by atoms with van der Waals surface area (Å²) in [5.74, 6) is 2.35. The van der Waals surface area contributed by atoms with Gasteiger partial charge in [-0.2, -0.15) is 0 Å². The molecule has 2 aromatic rings. The fourth-order valence-electron chi connectivity index (χ4n) is 2.47. The van der Waals surface area contributed by atoms with E-state index < -0.39 is 0 Å². The molecule has 0 fully saturated rings. The molecule has 0 saturated carbocycles. The molecule has 0 heterocycles. The van der Waals surface area contributed by atoms with Crippen LogP contribution in [0.1, 0.15) is 16.7 Å². The maximum absolute atomic E-state index is 5.77. The van der Waals surface area contributed by atoms with Gasteiger partial charge in [-0.05, 0) is 61.9 Å². The lowest BCUT2D eigenvalue weighted by Gasteiger charge is -2.13. The molecule has 0 aliphatic rings. The first-order chi connectivity index (χ1) is 11.1. The Balaban J connectivity index is 1.88. The maximum Gasteiger partial charge on any atom is 0.161 e. The lowest BCUT2D eigenvalue weighted by Crippen LogP contribution is -2.10. The molecule has 0 bridgehead atoms. The van der Waals surface area contributed by atoms with Crippen LogP contribution >= 0.6 is 0 Å². The lowest BCUT2D eigenvalue weighted by atomic mass is 10.1. The fourth-order valence-corrected chi connectivity index (χ4v) is 2.47. The molecule has 4 nitrogen and oxygen atoms in total. The largest absolute Gasteiger partial charge is 0.493 e. The average molecular weight is 315 g/mol. The molecule has 0 amide bonds. The lowest BCUT2D eigenvalue weighted by molar-refractivity contribution is 0.211. The smallest absolute Gasteiger partial charge is 0.161 e. The van der Waals surface area contributed by atoms with E-state index in [-0.39, 0.29) is 0 Å². The van der Waals surface area contributed by atoms with Crippen LogP contribution in [0.4, 0.5) is 0 Å². The van der Waals surface area contributed by atoms with Gasteiger partial charge in [0.15, 0.2) is 11.5 Å². The highest BCUT2D eigenvalue weighted by Crippen LogP contribution is 2.28. The minimum Gasteiger partial charge on any atom is -0.493 e. The molecular formula is C19H25NO3. The molecule has 23 heavy (non-hydrogen) atoms. The van der Waals surface area contributed by atoms with Gasteiger partial charge in [-0.25, -0.2) is 0 Å². The van der Waals surface area contributed by atoms with Crippen LogP contribution in [0, 0.1) is 13.8 Å². The van der Waals surface area contributed by atoms with Crippen LogP contribution in [-0.2, 0) is 6.54 Å². The summed E-state index contributed by atoms with van der Waals surface area (Å²) in [7, 11) is 3.57. The number of aryl methyl sites for hydroxylation is 2. The molecule has 0 atom stereocenters. The van der Waals surface area contributed by atoms with Crippen molar-refractivity contribution >= 4 is 0 Å². The van der Waals surface area contributed by atoms with Gasteiger partial charge in [-0.1, -0.05) is 12.1 Å². The second kappa shape index (κ2) is 8.44. The summed E-state index contributed by atoms with van der Waals surface area (Å²) in [4.78, 5) is 0. The Morgan fingerprint density at radius 3 is 2.22 bits per heavy atom. The van der Waals surface area contributed by atoms with Crippen LogP contribution in [0.15, 0.2) is 36.4 Å². The van der Waals surface area contributed by atoms with E-state index >= 15 is 0 Å². The van der Waals surface area contributed by atoms with E-state index in [1.807, 2.05) is 37.4 Å². The SMILES string of the molecule is CNCc1ccc(OCCOc2cc(C)cc(C)c2)c(OC)c1. The monoisotopic (exact) mass is 315 g/mol. The van der Waals surface area contributed by atoms with Gasteiger partial charge in [0.1, 0.15) is 19.0 Å². The molecule has 2 aromatic carbocycles. The van der Waals surface area contributed by atoms with Crippen LogP contribution in [0.3, 0.4) is 0 Å². The number of hydrogen-bond donors (Lipinski definition) is 1. The van der Waals surface area contributed by atoms with Crippen LogP contribution in [0.2, 0.25) is 0 Å². The van der Waals surface area contributed by atoms with Gasteiger partial charge >= 0.3 is 0 Å². The molecular weight excluding hydrogens is 290 g/mol. The van der Waals surface area contributed by atoms with Gasteiger partial charge in [0, 0.05) is 6.54 Å². The summed E-state index contributed by atoms with van der Waals surface area (Å²) < 4.78 is 16.9. The normalized spacial score (nSPS) is 10.4. The van der Waals surface area contributed by atoms with Crippen LogP contribution in [0.25, 0.3) is 0 Å². The van der Waals surface area contributed by atoms with Crippen molar-refractivity contribution < 1.29 is 14.2 Å². The highest BCUT2D eigenvalue weighted by molar-refractivity contribution is 5.43. The van der Waals surface area contributed by atoms with Gasteiger partial charge in [0.05, 0.1) is 7.11 Å². The quantitative estimate of drug-likeness (QED) is 0.757. The highest BCUT2D eigenvalue weighted by atomic mass is 16.5. The molecule has 4 heteroatoms. The van der Waals surface area contributed by atoms with Gasteiger partial charge < -0.3 is 19.5 Å². The second-order valence-electron chi connectivity index (χ2n) is 5.54. The van der Waals surface area contributed by atoms with Crippen LogP contribution < -0.4 is 19.5 Å². The van der Waals surface area contributed by atoms with E-state index in [9.17, 15) is 0 Å². The molecule has 2 rings (SSSR count). The van der Waals surface area contributed by atoms with Crippen molar-refractivity contribution in [3.8, 4) is 17.2 Å². The molecule has 0 aromatic heterocycles. The van der Waals surface area contributed by atoms with Crippen molar-refractivity contribution in [3.63, 3.8) is 0 Å². The summed E-state index contributed by atoms with van der Waals surface area (Å²) in [6.45, 7) is 5.88. The summed E-state index contributed by atoms with van der Waals surface area (Å²) in [6, 6.07) is 12.1. The molecule has 0 aliphatic heterocycles. The predicted molar refractivity (Wildman–Crippen MR) is 92.7 cm³/mol. The zero-order chi connectivity index (χ0) is 16.7. The number of hydrogen-bond acceptors (Lipinski definition) is 4. The van der Waals surface area contributed by atoms with Gasteiger partial charge in [0.2, 0.25) is 0 Å². The third-order valence-corrected chi connectivity index (χ3v) is 3.41. The van der Waals surface area contributed by atoms with Gasteiger partial charge in [-0.3, -0.25) is 0 Å². The van der Waals surface area contributed by atoms with E-state index in [0.29, 0.717) is 13.2 Å². The molecule has 0 aliphatic carbocycles. The molecule has 0 unspecified atom stereocenters. The standard InChI is InChI=1S/C19H25NO3/c1-14-9-15(2)11-17(10-14)22-7-8-23-18-6-5-16(13-20-3)12-19(18)21-4/h5-6,9-12,20H,7-8,13H2,1-4H3. The first-order valence-electron chi connectivity index (χ1n) is 7.78. The average Bonchev–Trinajstić information content (AvgIpc) is 2.52. The van der Waals surface area contributed by atoms with Crippen molar-refractivity contribution in [2.45, 2.75) is 20.4 Å². The Bertz CT molecular complexity index is 620. The zero-order valence-electron chi connectivity index (χ0n) is 14.3. The van der Waals surface area contributed by atoms with Crippen molar-refractivity contribution in [3.05, 3.63) is 53.1 Å². The first-order valence-corrected chi connectivity index (χ1v) is 7.78. The number of methoxy groups -OCH3 is 1. The Morgan fingerprint density at radius 2 is 1.57 bits per heavy atom. The topological polar surface area (TPSA) is 39.7 Å². The third-order valence-electron chi connectivity index (χ3n) is 3.41. The van der Waals surface area contributed by atoms with E-state index in [4.69, 9.17) is 14.2 Å². The predicted octanol–water partition coefficient (Wildman–Crippen LogP) is 3.49. The number of ether oxygens (including phenoxy) is 3. The highest BCUT2D eigenvalue weighted by Gasteiger charge is 2.06. The van der Waals surface area contributed by atoms with Crippen molar-refractivity contribution in [1.29, 1.82) is 0 Å². The third kappa shape index (κ3) is 5.18. The van der Waals surface area contributed by atoms with Gasteiger partial charge in [0.25, 0.3) is 0 Å². The summed E-state index contributed by atoms with van der Waals surface area (Å²) in [6.07, 6.45) is 0. The molecule has 1 N–H and O–H groups in total. The summed E-state index contributed by atoms with van der Waals surface area (Å²) in [5, 5.41) is 3.12. The van der Waals surface area contributed by atoms with E-state index in [1.54, 1.807) is 7.11 Å². The van der Waals surface area contributed by atoms with Crippen molar-refractivity contribution in [1.82, 2.24) is 5.32 Å². The Kier molecular flexibility index (Phi) is 6.29. The van der Waals surface area contributed by atoms with Gasteiger partial charge in [-0.15, -0.1) is 0 Å². The van der Waals surface area contributed by atoms with E-state index in [2.05, 4.69) is 25.2 Å². The molecule has 0 radical (unpaired) electrons. The van der Waals surface area contributed by atoms with E-state index in [0.717, 1.165) is 29.4 Å². The minimum absolute atomic E-state index is 0.467. The summed E-state index contributed by atoms with van der Waals surface area (Å²) >= 11 is 0. The molecule has 0 saturated heterocycles. The fraction of sp³-hybridized carbons (Fsp3) is 0.368. The molecule has 0 spiro atoms. The van der Waals surface area contributed by atoms with Crippen molar-refractivity contribution in [2.75, 3.05) is 27.4 Å². The number of nitrogens with one attached hydrogen (secondary N) is 1. The summed E-state index contributed by atoms with van der Waals surface area (Å²) in [5.41, 5.74) is 3.55. The number of benzene rings is 2. The van der Waals surface area contributed by atoms with Crippen LogP contribution in [0.5, 0.6) is 17.2 Å². The Hall–Kier alpha value is -2.20. The zero-order valence-corrected chi connectivity index (χ0v) is 14.3. The van der Waals surface area contributed by atoms with E-state index in [1.165, 1.54) is 11.1 Å². The molecule has 124 valence electrons. The Labute approximate surface area is 138 Å². The minimum atomic E-state index is 0.467. The maximum atomic E-state index is 5.77. The van der Waals surface area contributed by atoms with Crippen LogP contribution in [-0.4, -0.2) is 27.4 Å². The Morgan fingerprint density at radius 1 is 0.870 bits per heavy atom. The second-order valence-corrected chi connectivity index (χ2v) is 5.54. The van der Waals surface area contributed by atoms with Crippen molar-refractivity contribution in [2.24, 2.45) is 0 Å². The first kappa shape index (κ1) is 17.2.